The number of hydrogen-bond donors (Lipinski definition) is 0. The van der Waals surface area contributed by atoms with Crippen LogP contribution in [0, 0.1) is 17.8 Å². The summed E-state index contributed by atoms with van der Waals surface area (Å²) < 4.78 is 0. The second-order valence-corrected chi connectivity index (χ2v) is 6.73. The Bertz CT molecular complexity index is 367. The lowest BCUT2D eigenvalue weighted by Gasteiger charge is -2.35. The first-order valence-electron chi connectivity index (χ1n) is 7.98. The van der Waals surface area contributed by atoms with Gasteiger partial charge in [0.1, 0.15) is 5.78 Å². The third-order valence-corrected chi connectivity index (χ3v) is 5.37. The Morgan fingerprint density at radius 2 is 1.63 bits per heavy atom. The fourth-order valence-electron chi connectivity index (χ4n) is 4.38. The Hall–Kier alpha value is -0.860. The van der Waals surface area contributed by atoms with E-state index in [0.717, 1.165) is 19.4 Å². The second kappa shape index (κ2) is 5.26. The number of carbonyl (C=O) groups is 2. The molecule has 3 atom stereocenters. The van der Waals surface area contributed by atoms with Crippen LogP contribution >= 0.6 is 0 Å². The molecule has 3 rings (SSSR count). The summed E-state index contributed by atoms with van der Waals surface area (Å²) in [5.74, 6) is 2.28. The minimum absolute atomic E-state index is 0.196. The third kappa shape index (κ3) is 2.56. The van der Waals surface area contributed by atoms with Crippen LogP contribution in [0.4, 0.5) is 0 Å². The number of carbonyl (C=O) groups excluding carboxylic acids is 2. The topological polar surface area (TPSA) is 37.4 Å². The lowest BCUT2D eigenvalue weighted by Crippen LogP contribution is -2.45. The van der Waals surface area contributed by atoms with E-state index in [2.05, 4.69) is 4.90 Å². The van der Waals surface area contributed by atoms with Gasteiger partial charge >= 0.3 is 0 Å². The van der Waals surface area contributed by atoms with E-state index >= 15 is 0 Å². The Kier molecular flexibility index (Phi) is 3.64. The summed E-state index contributed by atoms with van der Waals surface area (Å²) in [5, 5.41) is 0. The van der Waals surface area contributed by atoms with Gasteiger partial charge in [0.15, 0.2) is 0 Å². The number of likely N-dealkylation sites (tertiary alicyclic amines) is 1. The monoisotopic (exact) mass is 263 g/mol. The van der Waals surface area contributed by atoms with Crippen molar-refractivity contribution in [3.05, 3.63) is 0 Å². The van der Waals surface area contributed by atoms with Crippen LogP contribution in [0.2, 0.25) is 0 Å². The maximum atomic E-state index is 12.7. The number of piperidine rings is 1. The van der Waals surface area contributed by atoms with E-state index in [9.17, 15) is 9.59 Å². The van der Waals surface area contributed by atoms with Gasteiger partial charge in [0.05, 0.1) is 0 Å². The third-order valence-electron chi connectivity index (χ3n) is 5.37. The van der Waals surface area contributed by atoms with Gasteiger partial charge in [-0.1, -0.05) is 12.8 Å². The highest BCUT2D eigenvalue weighted by atomic mass is 16.2. The summed E-state index contributed by atoms with van der Waals surface area (Å²) >= 11 is 0. The zero-order valence-electron chi connectivity index (χ0n) is 11.9. The molecule has 106 valence electrons. The van der Waals surface area contributed by atoms with Crippen molar-refractivity contribution in [2.75, 3.05) is 6.54 Å². The average Bonchev–Trinajstić information content (AvgIpc) is 3.12. The Morgan fingerprint density at radius 3 is 2.26 bits per heavy atom. The summed E-state index contributed by atoms with van der Waals surface area (Å²) in [4.78, 5) is 26.2. The summed E-state index contributed by atoms with van der Waals surface area (Å²) in [6.07, 6.45) is 8.99. The van der Waals surface area contributed by atoms with E-state index in [4.69, 9.17) is 0 Å². The van der Waals surface area contributed by atoms with Crippen LogP contribution in [0.25, 0.3) is 0 Å². The molecule has 0 spiro atoms. The first-order valence-corrected chi connectivity index (χ1v) is 7.98. The largest absolute Gasteiger partial charge is 0.339 e. The van der Waals surface area contributed by atoms with Crippen LogP contribution in [-0.2, 0) is 9.59 Å². The molecule has 1 saturated heterocycles. The molecule has 0 aromatic heterocycles. The molecule has 0 aromatic carbocycles. The Labute approximate surface area is 115 Å². The van der Waals surface area contributed by atoms with Gasteiger partial charge in [-0.2, -0.15) is 0 Å². The van der Waals surface area contributed by atoms with Crippen LogP contribution in [0.5, 0.6) is 0 Å². The van der Waals surface area contributed by atoms with E-state index in [0.29, 0.717) is 30.1 Å². The first kappa shape index (κ1) is 13.1. The standard InChI is InChI=1S/C16H25NO2/c1-11(18)10-12-6-4-5-9-17(12)16(19)15-13-7-2-3-8-14(13)15/h12-15H,2-10H2,1H3. The van der Waals surface area contributed by atoms with E-state index in [1.54, 1.807) is 6.92 Å². The molecule has 3 nitrogen and oxygen atoms in total. The zero-order valence-corrected chi connectivity index (χ0v) is 11.9. The SMILES string of the molecule is CC(=O)CC1CCCCN1C(=O)C1C2CCCCC21. The molecular formula is C16H25NO2. The van der Waals surface area contributed by atoms with Gasteiger partial charge in [-0.3, -0.25) is 9.59 Å². The molecule has 2 aliphatic carbocycles. The molecule has 0 N–H and O–H groups in total. The van der Waals surface area contributed by atoms with Gasteiger partial charge in [0.25, 0.3) is 0 Å². The lowest BCUT2D eigenvalue weighted by molar-refractivity contribution is -0.137. The molecule has 3 unspecified atom stereocenters. The maximum Gasteiger partial charge on any atom is 0.226 e. The number of amides is 1. The van der Waals surface area contributed by atoms with Crippen molar-refractivity contribution in [1.82, 2.24) is 4.90 Å². The summed E-state index contributed by atoms with van der Waals surface area (Å²) in [6, 6.07) is 0.196. The molecule has 1 heterocycles. The molecule has 0 radical (unpaired) electrons. The molecule has 3 fully saturated rings. The number of nitrogens with zero attached hydrogens (tertiary/aromatic N) is 1. The number of rotatable bonds is 3. The van der Waals surface area contributed by atoms with Crippen LogP contribution in [0.3, 0.4) is 0 Å². The van der Waals surface area contributed by atoms with Crippen molar-refractivity contribution in [3.8, 4) is 0 Å². The van der Waals surface area contributed by atoms with E-state index in [-0.39, 0.29) is 11.8 Å². The lowest BCUT2D eigenvalue weighted by atomic mass is 9.97. The molecular weight excluding hydrogens is 238 g/mol. The molecule has 19 heavy (non-hydrogen) atoms. The molecule has 1 aliphatic heterocycles. The van der Waals surface area contributed by atoms with E-state index in [1.165, 1.54) is 32.1 Å². The van der Waals surface area contributed by atoms with Crippen molar-refractivity contribution < 1.29 is 9.59 Å². The van der Waals surface area contributed by atoms with E-state index < -0.39 is 0 Å². The highest BCUT2D eigenvalue weighted by Crippen LogP contribution is 2.56. The Morgan fingerprint density at radius 1 is 1.00 bits per heavy atom. The van der Waals surface area contributed by atoms with Gasteiger partial charge in [-0.05, 0) is 50.9 Å². The summed E-state index contributed by atoms with van der Waals surface area (Å²) in [7, 11) is 0. The van der Waals surface area contributed by atoms with Crippen molar-refractivity contribution >= 4 is 11.7 Å². The van der Waals surface area contributed by atoms with Crippen LogP contribution in [-0.4, -0.2) is 29.2 Å². The highest BCUT2D eigenvalue weighted by Gasteiger charge is 2.56. The van der Waals surface area contributed by atoms with Crippen LogP contribution in [0.1, 0.15) is 58.3 Å². The minimum Gasteiger partial charge on any atom is -0.339 e. The highest BCUT2D eigenvalue weighted by molar-refractivity contribution is 5.84. The average molecular weight is 263 g/mol. The predicted molar refractivity (Wildman–Crippen MR) is 73.6 cm³/mol. The van der Waals surface area contributed by atoms with Gasteiger partial charge < -0.3 is 4.90 Å². The smallest absolute Gasteiger partial charge is 0.226 e. The Balaban J connectivity index is 1.65. The maximum absolute atomic E-state index is 12.7. The quantitative estimate of drug-likeness (QED) is 0.785. The molecule has 3 aliphatic rings. The van der Waals surface area contributed by atoms with E-state index in [1.807, 2.05) is 0 Å². The second-order valence-electron chi connectivity index (χ2n) is 6.73. The molecule has 1 amide bonds. The number of hydrogen-bond acceptors (Lipinski definition) is 2. The zero-order chi connectivity index (χ0) is 13.4. The van der Waals surface area contributed by atoms with Crippen molar-refractivity contribution in [3.63, 3.8) is 0 Å². The van der Waals surface area contributed by atoms with Gasteiger partial charge in [-0.25, -0.2) is 0 Å². The van der Waals surface area contributed by atoms with Crippen molar-refractivity contribution in [2.24, 2.45) is 17.8 Å². The normalized spacial score (nSPS) is 37.6. The van der Waals surface area contributed by atoms with Gasteiger partial charge in [-0.15, -0.1) is 0 Å². The van der Waals surface area contributed by atoms with Gasteiger partial charge in [0, 0.05) is 24.9 Å². The number of fused-ring (bicyclic) bond motifs is 1. The molecule has 3 heteroatoms. The number of Topliss-reactive ketones (excluding diaryl/α,β-unsaturated/α-hetero) is 1. The molecule has 0 aromatic rings. The summed E-state index contributed by atoms with van der Waals surface area (Å²) in [5.41, 5.74) is 0. The minimum atomic E-state index is 0.196. The fourth-order valence-corrected chi connectivity index (χ4v) is 4.38. The fraction of sp³-hybridized carbons (Fsp3) is 0.875. The molecule has 0 bridgehead atoms. The molecule has 2 saturated carbocycles. The van der Waals surface area contributed by atoms with Crippen molar-refractivity contribution in [2.45, 2.75) is 64.3 Å². The van der Waals surface area contributed by atoms with Gasteiger partial charge in [0.2, 0.25) is 5.91 Å². The summed E-state index contributed by atoms with van der Waals surface area (Å²) in [6.45, 7) is 2.53. The van der Waals surface area contributed by atoms with Crippen LogP contribution < -0.4 is 0 Å². The van der Waals surface area contributed by atoms with Crippen LogP contribution in [0.15, 0.2) is 0 Å². The first-order chi connectivity index (χ1) is 9.18. The van der Waals surface area contributed by atoms with Crippen molar-refractivity contribution in [1.29, 1.82) is 0 Å². The number of ketones is 1. The predicted octanol–water partition coefficient (Wildman–Crippen LogP) is 2.78.